The summed E-state index contributed by atoms with van der Waals surface area (Å²) in [6.45, 7) is 7.98. The molecule has 0 fully saturated rings. The molecular weight excluding hydrogens is 397 g/mol. The minimum absolute atomic E-state index is 0.00604. The molecule has 2 aromatic rings. The molecule has 0 atom stereocenters. The fourth-order valence-corrected chi connectivity index (χ4v) is 2.73. The Morgan fingerprint density at radius 2 is 1.68 bits per heavy atom. The average Bonchev–Trinajstić information content (AvgIpc) is 2.62. The number of carbonyl (C=O) groups is 2. The lowest BCUT2D eigenvalue weighted by molar-refractivity contribution is -0.115. The second-order valence-electron chi connectivity index (χ2n) is 7.46. The van der Waals surface area contributed by atoms with Crippen LogP contribution in [0.4, 0.5) is 5.69 Å². The van der Waals surface area contributed by atoms with Crippen LogP contribution in [0.25, 0.3) is 0 Å². The first-order valence-corrected chi connectivity index (χ1v) is 9.51. The normalized spacial score (nSPS) is 11.9. The van der Waals surface area contributed by atoms with Crippen LogP contribution in [0.2, 0.25) is 10.0 Å². The van der Waals surface area contributed by atoms with E-state index in [1.165, 1.54) is 0 Å². The van der Waals surface area contributed by atoms with Gasteiger partial charge in [-0.1, -0.05) is 56.1 Å². The zero-order valence-electron chi connectivity index (χ0n) is 16.3. The van der Waals surface area contributed by atoms with E-state index in [9.17, 15) is 9.59 Å². The van der Waals surface area contributed by atoms with Crippen molar-refractivity contribution in [3.05, 3.63) is 63.6 Å². The lowest BCUT2D eigenvalue weighted by Crippen LogP contribution is -2.22. The number of amides is 2. The molecule has 0 saturated heterocycles. The Morgan fingerprint density at radius 1 is 1.04 bits per heavy atom. The number of nitrogens with one attached hydrogen (secondary N) is 2. The molecule has 0 spiro atoms. The van der Waals surface area contributed by atoms with Crippen LogP contribution in [0.5, 0.6) is 0 Å². The molecule has 2 amide bonds. The van der Waals surface area contributed by atoms with Gasteiger partial charge in [-0.15, -0.1) is 0 Å². The first-order valence-electron chi connectivity index (χ1n) is 8.75. The van der Waals surface area contributed by atoms with Gasteiger partial charge in [0.2, 0.25) is 5.91 Å². The van der Waals surface area contributed by atoms with Crippen molar-refractivity contribution in [2.75, 3.05) is 5.32 Å². The average molecular weight is 420 g/mol. The maximum atomic E-state index is 12.2. The summed E-state index contributed by atoms with van der Waals surface area (Å²) in [7, 11) is 0. The van der Waals surface area contributed by atoms with Crippen molar-refractivity contribution in [2.24, 2.45) is 5.10 Å². The fraction of sp³-hybridized carbons (Fsp3) is 0.286. The van der Waals surface area contributed by atoms with E-state index >= 15 is 0 Å². The predicted octanol–water partition coefficient (Wildman–Crippen LogP) is 5.43. The third-order valence-electron chi connectivity index (χ3n) is 3.98. The minimum atomic E-state index is -0.335. The van der Waals surface area contributed by atoms with Crippen LogP contribution in [0.15, 0.2) is 47.6 Å². The Kier molecular flexibility index (Phi) is 7.22. The summed E-state index contributed by atoms with van der Waals surface area (Å²) in [6.07, 6.45) is 0.00604. The van der Waals surface area contributed by atoms with E-state index in [1.807, 2.05) is 12.1 Å². The summed E-state index contributed by atoms with van der Waals surface area (Å²) in [5.74, 6) is -0.646. The minimum Gasteiger partial charge on any atom is -0.324 e. The molecule has 0 unspecified atom stereocenters. The predicted molar refractivity (Wildman–Crippen MR) is 115 cm³/mol. The van der Waals surface area contributed by atoms with Gasteiger partial charge >= 0.3 is 0 Å². The van der Waals surface area contributed by atoms with E-state index in [4.69, 9.17) is 23.2 Å². The van der Waals surface area contributed by atoms with Crippen molar-refractivity contribution in [1.82, 2.24) is 5.43 Å². The monoisotopic (exact) mass is 419 g/mol. The van der Waals surface area contributed by atoms with Gasteiger partial charge in [0, 0.05) is 16.3 Å². The van der Waals surface area contributed by atoms with Gasteiger partial charge in [-0.05, 0) is 48.2 Å². The second-order valence-corrected chi connectivity index (χ2v) is 8.31. The molecule has 0 heterocycles. The zero-order chi connectivity index (χ0) is 20.9. The van der Waals surface area contributed by atoms with Crippen LogP contribution in [-0.4, -0.2) is 17.5 Å². The first kappa shape index (κ1) is 21.9. The van der Waals surface area contributed by atoms with Gasteiger partial charge in [-0.3, -0.25) is 9.59 Å². The van der Waals surface area contributed by atoms with E-state index in [-0.39, 0.29) is 23.7 Å². The quantitative estimate of drug-likeness (QED) is 0.501. The molecule has 2 aromatic carbocycles. The maximum absolute atomic E-state index is 12.2. The summed E-state index contributed by atoms with van der Waals surface area (Å²) >= 11 is 11.9. The van der Waals surface area contributed by atoms with Crippen molar-refractivity contribution in [2.45, 2.75) is 39.5 Å². The van der Waals surface area contributed by atoms with Crippen LogP contribution in [-0.2, 0) is 10.2 Å². The van der Waals surface area contributed by atoms with Crippen LogP contribution < -0.4 is 10.7 Å². The summed E-state index contributed by atoms with van der Waals surface area (Å²) in [5, 5.41) is 7.52. The van der Waals surface area contributed by atoms with Crippen molar-refractivity contribution in [3.8, 4) is 0 Å². The number of rotatable bonds is 5. The van der Waals surface area contributed by atoms with Gasteiger partial charge in [0.25, 0.3) is 5.91 Å². The largest absolute Gasteiger partial charge is 0.324 e. The maximum Gasteiger partial charge on any atom is 0.271 e. The molecule has 0 radical (unpaired) electrons. The molecule has 0 saturated carbocycles. The lowest BCUT2D eigenvalue weighted by Gasteiger charge is -2.18. The smallest absolute Gasteiger partial charge is 0.271 e. The highest BCUT2D eigenvalue weighted by atomic mass is 35.5. The van der Waals surface area contributed by atoms with Crippen LogP contribution in [0.1, 0.15) is 50.0 Å². The summed E-state index contributed by atoms with van der Waals surface area (Å²) < 4.78 is 0. The molecule has 148 valence electrons. The lowest BCUT2D eigenvalue weighted by atomic mass is 9.87. The van der Waals surface area contributed by atoms with Crippen molar-refractivity contribution in [3.63, 3.8) is 0 Å². The van der Waals surface area contributed by atoms with Crippen molar-refractivity contribution in [1.29, 1.82) is 0 Å². The number of hydrogen-bond acceptors (Lipinski definition) is 3. The number of benzene rings is 2. The third-order valence-corrected chi connectivity index (χ3v) is 4.54. The standard InChI is InChI=1S/C21H23Cl2N3O2/c1-13(11-19(27)24-18-12-16(22)9-10-17(18)23)25-26-20(28)14-5-7-15(8-6-14)21(2,3)4/h5-10,12H,11H2,1-4H3,(H,24,27)(H,26,28). The number of halogens is 2. The van der Waals surface area contributed by atoms with Crippen LogP contribution in [0, 0.1) is 0 Å². The molecule has 2 rings (SSSR count). The second kappa shape index (κ2) is 9.22. The van der Waals surface area contributed by atoms with Crippen molar-refractivity contribution < 1.29 is 9.59 Å². The summed E-state index contributed by atoms with van der Waals surface area (Å²) in [6, 6.07) is 12.2. The van der Waals surface area contributed by atoms with Gasteiger partial charge in [0.1, 0.15) is 0 Å². The Morgan fingerprint density at radius 3 is 2.29 bits per heavy atom. The number of carbonyl (C=O) groups excluding carboxylic acids is 2. The Balaban J connectivity index is 1.93. The molecule has 0 aliphatic heterocycles. The van der Waals surface area contributed by atoms with Crippen LogP contribution >= 0.6 is 23.2 Å². The van der Waals surface area contributed by atoms with Crippen molar-refractivity contribution >= 4 is 46.4 Å². The Labute approximate surface area is 175 Å². The van der Waals surface area contributed by atoms with E-state index in [1.54, 1.807) is 37.3 Å². The summed E-state index contributed by atoms with van der Waals surface area (Å²) in [4.78, 5) is 24.3. The Bertz CT molecular complexity index is 901. The highest BCUT2D eigenvalue weighted by Gasteiger charge is 2.14. The molecule has 0 aromatic heterocycles. The molecule has 0 aliphatic carbocycles. The summed E-state index contributed by atoms with van der Waals surface area (Å²) in [5.41, 5.74) is 5.00. The highest BCUT2D eigenvalue weighted by Crippen LogP contribution is 2.25. The van der Waals surface area contributed by atoms with Gasteiger partial charge in [-0.25, -0.2) is 5.43 Å². The molecule has 7 heteroatoms. The van der Waals surface area contributed by atoms with Gasteiger partial charge in [0.15, 0.2) is 0 Å². The highest BCUT2D eigenvalue weighted by molar-refractivity contribution is 6.35. The number of hydrazone groups is 1. The number of nitrogens with zero attached hydrogens (tertiary/aromatic N) is 1. The van der Waals surface area contributed by atoms with Gasteiger partial charge in [-0.2, -0.15) is 5.10 Å². The Hall–Kier alpha value is -2.37. The third kappa shape index (κ3) is 6.36. The molecule has 0 bridgehead atoms. The number of anilines is 1. The van der Waals surface area contributed by atoms with Gasteiger partial charge in [0.05, 0.1) is 17.1 Å². The zero-order valence-corrected chi connectivity index (χ0v) is 17.8. The fourth-order valence-electron chi connectivity index (χ4n) is 2.39. The molecule has 0 aliphatic rings. The number of hydrogen-bond donors (Lipinski definition) is 2. The molecular formula is C21H23Cl2N3O2. The van der Waals surface area contributed by atoms with E-state index in [2.05, 4.69) is 36.6 Å². The van der Waals surface area contributed by atoms with Gasteiger partial charge < -0.3 is 5.32 Å². The van der Waals surface area contributed by atoms with E-state index in [0.717, 1.165) is 5.56 Å². The first-order chi connectivity index (χ1) is 13.1. The van der Waals surface area contributed by atoms with Crippen LogP contribution in [0.3, 0.4) is 0 Å². The van der Waals surface area contributed by atoms with E-state index < -0.39 is 0 Å². The molecule has 28 heavy (non-hydrogen) atoms. The topological polar surface area (TPSA) is 70.6 Å². The van der Waals surface area contributed by atoms with E-state index in [0.29, 0.717) is 27.0 Å². The SMILES string of the molecule is CC(CC(=O)Nc1cc(Cl)ccc1Cl)=NNC(=O)c1ccc(C(C)(C)C)cc1. The molecule has 5 nitrogen and oxygen atoms in total. The molecule has 2 N–H and O–H groups in total.